The summed E-state index contributed by atoms with van der Waals surface area (Å²) in [6.45, 7) is 6.67. The molecule has 0 aromatic carbocycles. The highest BCUT2D eigenvalue weighted by Gasteiger charge is 2.19. The predicted octanol–water partition coefficient (Wildman–Crippen LogP) is 20.7. The molecular formula is C63H118O6. The fourth-order valence-electron chi connectivity index (χ4n) is 9.26. The number of ether oxygens (including phenoxy) is 3. The molecule has 6 heteroatoms. The lowest BCUT2D eigenvalue weighted by Gasteiger charge is -2.18. The number of carbonyl (C=O) groups excluding carboxylic acids is 3. The van der Waals surface area contributed by atoms with Crippen molar-refractivity contribution in [2.24, 2.45) is 0 Å². The van der Waals surface area contributed by atoms with E-state index >= 15 is 0 Å². The van der Waals surface area contributed by atoms with Gasteiger partial charge in [0.05, 0.1) is 0 Å². The zero-order valence-electron chi connectivity index (χ0n) is 46.6. The average molecular weight is 972 g/mol. The van der Waals surface area contributed by atoms with E-state index < -0.39 is 6.10 Å². The number of hydrogen-bond donors (Lipinski definition) is 0. The highest BCUT2D eigenvalue weighted by atomic mass is 16.6. The highest BCUT2D eigenvalue weighted by Crippen LogP contribution is 2.17. The van der Waals surface area contributed by atoms with Crippen molar-refractivity contribution in [1.29, 1.82) is 0 Å². The monoisotopic (exact) mass is 971 g/mol. The van der Waals surface area contributed by atoms with Gasteiger partial charge in [-0.2, -0.15) is 0 Å². The van der Waals surface area contributed by atoms with E-state index in [2.05, 4.69) is 45.1 Å². The normalized spacial score (nSPS) is 12.1. The van der Waals surface area contributed by atoms with Crippen molar-refractivity contribution in [3.05, 3.63) is 24.3 Å². The average Bonchev–Trinajstić information content (AvgIpc) is 3.35. The Balaban J connectivity index is 4.30. The molecule has 0 aromatic heterocycles. The molecule has 1 atom stereocenters. The number of esters is 3. The maximum Gasteiger partial charge on any atom is 0.306 e. The fourth-order valence-corrected chi connectivity index (χ4v) is 9.26. The molecule has 0 aliphatic heterocycles. The van der Waals surface area contributed by atoms with Gasteiger partial charge in [0.15, 0.2) is 6.10 Å². The maximum atomic E-state index is 12.9. The third-order valence-electron chi connectivity index (χ3n) is 13.9. The van der Waals surface area contributed by atoms with Crippen molar-refractivity contribution >= 4 is 17.9 Å². The van der Waals surface area contributed by atoms with Crippen molar-refractivity contribution in [3.63, 3.8) is 0 Å². The van der Waals surface area contributed by atoms with Gasteiger partial charge in [-0.3, -0.25) is 14.4 Å². The van der Waals surface area contributed by atoms with Crippen LogP contribution in [-0.4, -0.2) is 37.2 Å². The summed E-state index contributed by atoms with van der Waals surface area (Å²) >= 11 is 0. The fraction of sp³-hybridized carbons (Fsp3) is 0.889. The molecule has 0 spiro atoms. The standard InChI is InChI=1S/C63H118O6/c1-4-7-10-13-16-19-22-25-27-29-31-33-35-38-41-44-47-50-53-56-62(65)68-59-60(58-67-61(64)55-52-49-46-43-40-37-24-21-18-15-12-9-6-3)69-63(66)57-54-51-48-45-42-39-36-34-32-30-28-26-23-20-17-14-11-8-5-2/h21,24-25,27,60H,4-20,22-23,26,28-59H2,1-3H3/b24-21+,27-25+/t60-/m1/s1. The lowest BCUT2D eigenvalue weighted by molar-refractivity contribution is -0.167. The molecule has 0 aromatic rings. The number of carbonyl (C=O) groups is 3. The van der Waals surface area contributed by atoms with Crippen molar-refractivity contribution in [1.82, 2.24) is 0 Å². The van der Waals surface area contributed by atoms with Crippen LogP contribution >= 0.6 is 0 Å². The van der Waals surface area contributed by atoms with E-state index in [-0.39, 0.29) is 31.1 Å². The van der Waals surface area contributed by atoms with Crippen LogP contribution in [-0.2, 0) is 28.6 Å². The van der Waals surface area contributed by atoms with Crippen LogP contribution in [0.2, 0.25) is 0 Å². The van der Waals surface area contributed by atoms with Crippen molar-refractivity contribution in [2.75, 3.05) is 13.2 Å². The summed E-state index contributed by atoms with van der Waals surface area (Å²) in [6, 6.07) is 0. The molecule has 0 fully saturated rings. The van der Waals surface area contributed by atoms with Crippen LogP contribution < -0.4 is 0 Å². The van der Waals surface area contributed by atoms with Crippen LogP contribution in [0.25, 0.3) is 0 Å². The van der Waals surface area contributed by atoms with E-state index in [4.69, 9.17) is 14.2 Å². The van der Waals surface area contributed by atoms with Crippen LogP contribution in [0.4, 0.5) is 0 Å². The van der Waals surface area contributed by atoms with E-state index in [1.165, 1.54) is 238 Å². The minimum Gasteiger partial charge on any atom is -0.462 e. The van der Waals surface area contributed by atoms with Crippen LogP contribution in [0.15, 0.2) is 24.3 Å². The van der Waals surface area contributed by atoms with Crippen LogP contribution in [0, 0.1) is 0 Å². The molecule has 0 unspecified atom stereocenters. The molecule has 0 heterocycles. The predicted molar refractivity (Wildman–Crippen MR) is 298 cm³/mol. The minimum absolute atomic E-state index is 0.0703. The van der Waals surface area contributed by atoms with Crippen LogP contribution in [0.3, 0.4) is 0 Å². The van der Waals surface area contributed by atoms with Crippen molar-refractivity contribution < 1.29 is 28.6 Å². The van der Waals surface area contributed by atoms with E-state index in [0.29, 0.717) is 19.3 Å². The molecule has 406 valence electrons. The molecule has 6 nitrogen and oxygen atoms in total. The quantitative estimate of drug-likeness (QED) is 0.0261. The smallest absolute Gasteiger partial charge is 0.306 e. The summed E-state index contributed by atoms with van der Waals surface area (Å²) in [7, 11) is 0. The number of allylic oxidation sites excluding steroid dienone is 4. The molecular weight excluding hydrogens is 853 g/mol. The Labute approximate surface area is 430 Å². The summed E-state index contributed by atoms with van der Waals surface area (Å²) in [5.74, 6) is -0.857. The first-order valence-corrected chi connectivity index (χ1v) is 30.8. The third-order valence-corrected chi connectivity index (χ3v) is 13.9. The molecule has 0 aliphatic carbocycles. The van der Waals surface area contributed by atoms with E-state index in [0.717, 1.165) is 64.2 Å². The second-order valence-electron chi connectivity index (χ2n) is 21.0. The lowest BCUT2D eigenvalue weighted by atomic mass is 10.0. The Morgan fingerprint density at radius 1 is 0.275 bits per heavy atom. The van der Waals surface area contributed by atoms with Crippen molar-refractivity contribution in [3.8, 4) is 0 Å². The summed E-state index contributed by atoms with van der Waals surface area (Å²) in [6.07, 6.45) is 68.9. The molecule has 0 saturated carbocycles. The third kappa shape index (κ3) is 56.7. The number of hydrogen-bond acceptors (Lipinski definition) is 6. The van der Waals surface area contributed by atoms with Gasteiger partial charge >= 0.3 is 17.9 Å². The van der Waals surface area contributed by atoms with Crippen LogP contribution in [0.1, 0.15) is 342 Å². The Kier molecular flexibility index (Phi) is 56.7. The second kappa shape index (κ2) is 58.5. The molecule has 69 heavy (non-hydrogen) atoms. The minimum atomic E-state index is -0.772. The van der Waals surface area contributed by atoms with Gasteiger partial charge < -0.3 is 14.2 Å². The first kappa shape index (κ1) is 66.9. The van der Waals surface area contributed by atoms with Gasteiger partial charge in [-0.1, -0.05) is 276 Å². The second-order valence-corrected chi connectivity index (χ2v) is 21.0. The zero-order chi connectivity index (χ0) is 50.0. The first-order valence-electron chi connectivity index (χ1n) is 30.8. The lowest BCUT2D eigenvalue weighted by Crippen LogP contribution is -2.30. The van der Waals surface area contributed by atoms with Gasteiger partial charge in [0.2, 0.25) is 0 Å². The van der Waals surface area contributed by atoms with E-state index in [1.54, 1.807) is 0 Å². The first-order chi connectivity index (χ1) is 34.0. The summed E-state index contributed by atoms with van der Waals surface area (Å²) in [5.41, 5.74) is 0. The van der Waals surface area contributed by atoms with Gasteiger partial charge in [-0.15, -0.1) is 0 Å². The van der Waals surface area contributed by atoms with Gasteiger partial charge in [0, 0.05) is 19.3 Å². The molecule has 0 radical (unpaired) electrons. The summed E-state index contributed by atoms with van der Waals surface area (Å²) < 4.78 is 16.9. The number of unbranched alkanes of at least 4 members (excludes halogenated alkanes) is 42. The maximum absolute atomic E-state index is 12.9. The Bertz CT molecular complexity index is 1110. The van der Waals surface area contributed by atoms with Gasteiger partial charge in [0.25, 0.3) is 0 Å². The molecule has 0 aliphatic rings. The summed E-state index contributed by atoms with van der Waals surface area (Å²) in [4.78, 5) is 38.2. The largest absolute Gasteiger partial charge is 0.462 e. The Morgan fingerprint density at radius 2 is 0.478 bits per heavy atom. The number of rotatable bonds is 57. The molecule has 0 rings (SSSR count). The SMILES string of the molecule is CCCCCC/C=C/CCCCCCCC(=O)OC[C@H](COC(=O)CCCCCCCCCCC/C=C/CCCCCCCC)OC(=O)CCCCCCCCCCCCCCCCCCCCC. The van der Waals surface area contributed by atoms with Gasteiger partial charge in [-0.05, 0) is 70.6 Å². The topological polar surface area (TPSA) is 78.9 Å². The molecule has 0 saturated heterocycles. The molecule has 0 N–H and O–H groups in total. The van der Waals surface area contributed by atoms with Crippen LogP contribution in [0.5, 0.6) is 0 Å². The zero-order valence-corrected chi connectivity index (χ0v) is 46.6. The van der Waals surface area contributed by atoms with E-state index in [9.17, 15) is 14.4 Å². The van der Waals surface area contributed by atoms with Gasteiger partial charge in [0.1, 0.15) is 13.2 Å². The van der Waals surface area contributed by atoms with Crippen molar-refractivity contribution in [2.45, 2.75) is 348 Å². The summed E-state index contributed by atoms with van der Waals surface area (Å²) in [5, 5.41) is 0. The molecule has 0 bridgehead atoms. The Morgan fingerprint density at radius 3 is 0.739 bits per heavy atom. The molecule has 0 amide bonds. The highest BCUT2D eigenvalue weighted by molar-refractivity contribution is 5.71. The van der Waals surface area contributed by atoms with Gasteiger partial charge in [-0.25, -0.2) is 0 Å². The van der Waals surface area contributed by atoms with E-state index in [1.807, 2.05) is 0 Å². The Hall–Kier alpha value is -2.11.